The average Bonchev–Trinajstić information content (AvgIpc) is 3.28. The van der Waals surface area contributed by atoms with Crippen molar-refractivity contribution >= 4 is 40.3 Å². The minimum absolute atomic E-state index is 0.216. The number of fused-ring (bicyclic) bond motifs is 2. The summed E-state index contributed by atoms with van der Waals surface area (Å²) < 4.78 is 11.0. The number of nitrogens with one attached hydrogen (secondary N) is 1. The Bertz CT molecular complexity index is 1170. The maximum Gasteiger partial charge on any atom is 0.270 e. The largest absolute Gasteiger partial charge is 0.497 e. The molecule has 0 aromatic heterocycles. The maximum absolute atomic E-state index is 13.8. The van der Waals surface area contributed by atoms with Gasteiger partial charge in [0.2, 0.25) is 16.7 Å². The smallest absolute Gasteiger partial charge is 0.270 e. The molecule has 10 heteroatoms. The van der Waals surface area contributed by atoms with Crippen molar-refractivity contribution in [3.05, 3.63) is 53.6 Å². The van der Waals surface area contributed by atoms with Gasteiger partial charge in [-0.25, -0.2) is 0 Å². The predicted molar refractivity (Wildman–Crippen MR) is 130 cm³/mol. The summed E-state index contributed by atoms with van der Waals surface area (Å²) in [6, 6.07) is 13.0. The molecule has 3 amide bonds. The molecule has 2 aromatic carbocycles. The maximum atomic E-state index is 13.8. The molecule has 0 unspecified atom stereocenters. The second-order valence-corrected chi connectivity index (χ2v) is 9.20. The first-order chi connectivity index (χ1) is 16.3. The zero-order valence-corrected chi connectivity index (χ0v) is 20.3. The molecule has 178 valence electrons. The first-order valence-electron chi connectivity index (χ1n) is 10.8. The van der Waals surface area contributed by atoms with Crippen LogP contribution in [0.4, 0.5) is 5.69 Å². The number of ether oxygens (including phenoxy) is 2. The highest BCUT2D eigenvalue weighted by Crippen LogP contribution is 2.54. The number of carbonyl (C=O) groups excluding carboxylic acids is 3. The van der Waals surface area contributed by atoms with Gasteiger partial charge in [-0.3, -0.25) is 14.4 Å². The van der Waals surface area contributed by atoms with Crippen LogP contribution in [0.1, 0.15) is 31.4 Å². The van der Waals surface area contributed by atoms with Gasteiger partial charge in [0.05, 0.1) is 19.4 Å². The van der Waals surface area contributed by atoms with Crippen molar-refractivity contribution in [1.82, 2.24) is 10.3 Å². The monoisotopic (exact) mass is 482 g/mol. The van der Waals surface area contributed by atoms with Crippen LogP contribution in [-0.4, -0.2) is 48.2 Å². The molecule has 2 aromatic rings. The van der Waals surface area contributed by atoms with Crippen molar-refractivity contribution < 1.29 is 23.9 Å². The fourth-order valence-corrected chi connectivity index (χ4v) is 5.36. The Hall–Kier alpha value is -3.53. The highest BCUT2D eigenvalue weighted by Gasteiger charge is 2.61. The Kier molecular flexibility index (Phi) is 6.52. The van der Waals surface area contributed by atoms with Crippen molar-refractivity contribution in [2.75, 3.05) is 25.2 Å². The van der Waals surface area contributed by atoms with E-state index in [9.17, 15) is 14.4 Å². The lowest BCUT2D eigenvalue weighted by molar-refractivity contribution is -0.139. The molecule has 0 aliphatic carbocycles. The molecule has 4 rings (SSSR count). The second kappa shape index (κ2) is 9.38. The zero-order valence-electron chi connectivity index (χ0n) is 19.5. The van der Waals surface area contributed by atoms with Crippen molar-refractivity contribution in [1.29, 1.82) is 0 Å². The quantitative estimate of drug-likeness (QED) is 0.636. The van der Waals surface area contributed by atoms with E-state index in [1.165, 1.54) is 18.9 Å². The van der Waals surface area contributed by atoms with Crippen LogP contribution in [0.25, 0.3) is 0 Å². The van der Waals surface area contributed by atoms with E-state index < -0.39 is 10.8 Å². The number of amides is 3. The molecule has 0 saturated heterocycles. The van der Waals surface area contributed by atoms with Crippen LogP contribution >= 0.6 is 11.8 Å². The lowest BCUT2D eigenvalue weighted by atomic mass is 10.0. The summed E-state index contributed by atoms with van der Waals surface area (Å²) in [6.45, 7) is 5.44. The summed E-state index contributed by atoms with van der Waals surface area (Å²) in [5, 5.41) is 8.29. The van der Waals surface area contributed by atoms with Crippen LogP contribution in [0.5, 0.6) is 11.5 Å². The lowest BCUT2D eigenvalue weighted by Crippen LogP contribution is -2.48. The highest BCUT2D eigenvalue weighted by atomic mass is 32.2. The Balaban J connectivity index is 1.55. The highest BCUT2D eigenvalue weighted by molar-refractivity contribution is 8.15. The average molecular weight is 483 g/mol. The molecule has 0 radical (unpaired) electrons. The lowest BCUT2D eigenvalue weighted by Gasteiger charge is -2.29. The van der Waals surface area contributed by atoms with Crippen molar-refractivity contribution in [2.45, 2.75) is 32.1 Å². The third-order valence-electron chi connectivity index (χ3n) is 5.51. The molecular formula is C24H26N4O5S. The molecule has 0 fully saturated rings. The Morgan fingerprint density at radius 1 is 1.12 bits per heavy atom. The van der Waals surface area contributed by atoms with Gasteiger partial charge in [-0.05, 0) is 55.4 Å². The normalized spacial score (nSPS) is 18.7. The number of nitrogens with zero attached hydrogens (tertiary/aromatic N) is 3. The standard InChI is InChI=1S/C24H26N4O5S/c1-15-6-11-21-20(14-15)24(28(17(3)30)26-23(34-24)25-16(2)29)22(31)27(21)12-5-13-33-19-9-7-18(32-4)8-10-19/h6-11,14H,5,12-13H2,1-4H3,(H,25,26,29)/t24-/m0/s1. The number of methoxy groups -OCH3 is 1. The Morgan fingerprint density at radius 2 is 1.82 bits per heavy atom. The summed E-state index contributed by atoms with van der Waals surface area (Å²) in [4.78, 5) is 38.3. The third-order valence-corrected chi connectivity index (χ3v) is 6.75. The number of rotatable bonds is 6. The predicted octanol–water partition coefficient (Wildman–Crippen LogP) is 2.97. The van der Waals surface area contributed by atoms with E-state index >= 15 is 0 Å². The van der Waals surface area contributed by atoms with Crippen molar-refractivity contribution in [3.63, 3.8) is 0 Å². The molecular weight excluding hydrogens is 456 g/mol. The summed E-state index contributed by atoms with van der Waals surface area (Å²) in [6.07, 6.45) is 0.575. The first-order valence-corrected chi connectivity index (χ1v) is 11.6. The van der Waals surface area contributed by atoms with Gasteiger partial charge in [0.25, 0.3) is 5.91 Å². The SMILES string of the molecule is COc1ccc(OCCCN2C(=O)[C@@]3(SC(NC(C)=O)=NN3C(C)=O)c3cc(C)ccc32)cc1. The number of hydrazone groups is 1. The van der Waals surface area contributed by atoms with E-state index in [2.05, 4.69) is 10.4 Å². The topological polar surface area (TPSA) is 101 Å². The molecule has 2 aliphatic rings. The van der Waals surface area contributed by atoms with Crippen LogP contribution in [0, 0.1) is 6.92 Å². The van der Waals surface area contributed by atoms with E-state index in [1.54, 1.807) is 12.0 Å². The number of benzene rings is 2. The van der Waals surface area contributed by atoms with Gasteiger partial charge in [-0.1, -0.05) is 17.7 Å². The van der Waals surface area contributed by atoms with Gasteiger partial charge in [0, 0.05) is 26.0 Å². The number of anilines is 1. The van der Waals surface area contributed by atoms with Gasteiger partial charge in [-0.2, -0.15) is 5.01 Å². The van der Waals surface area contributed by atoms with Crippen LogP contribution in [-0.2, 0) is 19.3 Å². The molecule has 2 aliphatic heterocycles. The number of amidine groups is 1. The number of aryl methyl sites for hydroxylation is 1. The fourth-order valence-electron chi connectivity index (χ4n) is 4.03. The van der Waals surface area contributed by atoms with Crippen LogP contribution in [0.15, 0.2) is 47.6 Å². The van der Waals surface area contributed by atoms with Gasteiger partial charge < -0.3 is 19.7 Å². The van der Waals surface area contributed by atoms with E-state index in [-0.39, 0.29) is 17.0 Å². The number of hydrogen-bond donors (Lipinski definition) is 1. The van der Waals surface area contributed by atoms with E-state index in [1.807, 2.05) is 49.4 Å². The van der Waals surface area contributed by atoms with Crippen molar-refractivity contribution in [2.24, 2.45) is 5.10 Å². The minimum Gasteiger partial charge on any atom is -0.497 e. The summed E-state index contributed by atoms with van der Waals surface area (Å²) in [5.41, 5.74) is 2.35. The number of hydrogen-bond acceptors (Lipinski definition) is 7. The third kappa shape index (κ3) is 4.21. The van der Waals surface area contributed by atoms with Gasteiger partial charge >= 0.3 is 0 Å². The fraction of sp³-hybridized carbons (Fsp3) is 0.333. The molecule has 0 saturated carbocycles. The van der Waals surface area contributed by atoms with Crippen LogP contribution < -0.4 is 19.7 Å². The molecule has 34 heavy (non-hydrogen) atoms. The molecule has 1 atom stereocenters. The molecule has 9 nitrogen and oxygen atoms in total. The second-order valence-electron chi connectivity index (χ2n) is 8.02. The molecule has 1 N–H and O–H groups in total. The zero-order chi connectivity index (χ0) is 24.5. The Morgan fingerprint density at radius 3 is 2.47 bits per heavy atom. The van der Waals surface area contributed by atoms with Crippen LogP contribution in [0.3, 0.4) is 0 Å². The molecule has 2 heterocycles. The summed E-state index contributed by atoms with van der Waals surface area (Å²) in [7, 11) is 1.61. The minimum atomic E-state index is -1.39. The number of carbonyl (C=O) groups is 3. The van der Waals surface area contributed by atoms with Crippen LogP contribution in [0.2, 0.25) is 0 Å². The summed E-state index contributed by atoms with van der Waals surface area (Å²) in [5.74, 6) is 0.468. The van der Waals surface area contributed by atoms with Crippen molar-refractivity contribution in [3.8, 4) is 11.5 Å². The van der Waals surface area contributed by atoms with Gasteiger partial charge in [0.1, 0.15) is 11.5 Å². The number of thioether (sulfide) groups is 1. The van der Waals surface area contributed by atoms with E-state index in [0.717, 1.165) is 28.8 Å². The summed E-state index contributed by atoms with van der Waals surface area (Å²) >= 11 is 1.08. The van der Waals surface area contributed by atoms with Gasteiger partial charge in [-0.15, -0.1) is 5.10 Å². The first kappa shape index (κ1) is 23.6. The van der Waals surface area contributed by atoms with E-state index in [4.69, 9.17) is 9.47 Å². The van der Waals surface area contributed by atoms with E-state index in [0.29, 0.717) is 30.9 Å². The molecule has 0 bridgehead atoms. The van der Waals surface area contributed by atoms with Gasteiger partial charge in [0.15, 0.2) is 5.17 Å². The molecule has 1 spiro atoms. The Labute approximate surface area is 202 Å².